The Balaban J connectivity index is 1.13. The molecule has 0 unspecified atom stereocenters. The second-order valence-electron chi connectivity index (χ2n) is 15.8. The van der Waals surface area contributed by atoms with Crippen LogP contribution in [0.5, 0.6) is 0 Å². The monoisotopic (exact) mass is 795 g/mol. The van der Waals surface area contributed by atoms with Gasteiger partial charge in [0.05, 0.1) is 39.8 Å². The van der Waals surface area contributed by atoms with Gasteiger partial charge < -0.3 is 28.1 Å². The minimum Gasteiger partial charge on any atom is -0.456 e. The van der Waals surface area contributed by atoms with E-state index in [2.05, 4.69) is 45.9 Å². The number of carbonyl (C=O) groups excluding carboxylic acids is 2. The Bertz CT molecular complexity index is 1920. The van der Waals surface area contributed by atoms with Gasteiger partial charge in [-0.2, -0.15) is 0 Å². The number of aromatic nitrogens is 1. The van der Waals surface area contributed by atoms with E-state index >= 15 is 0 Å². The fourth-order valence-electron chi connectivity index (χ4n) is 9.34. The van der Waals surface area contributed by atoms with Gasteiger partial charge in [-0.25, -0.2) is 9.78 Å². The van der Waals surface area contributed by atoms with Crippen LogP contribution in [-0.4, -0.2) is 114 Å². The molecule has 8 rings (SSSR count). The number of nitro benzene ring substituents is 1. The molecule has 0 saturated carbocycles. The number of aliphatic hydroxyl groups excluding tert-OH is 1. The molecule has 3 aromatic rings. The SMILES string of the molecule is CC[Si](CC)(CC)O[C@H](C)[C@H]1C(=O)N2C(C(=O)OCc3ccc([N+](=O)[O-])cc3)=C(Sc3nc4cc(C[N+]56CC[N+](CCO)(CC5)CC6)ccc4s3)[C@H](C)[C@H]12. The van der Waals surface area contributed by atoms with E-state index in [4.69, 9.17) is 14.1 Å². The van der Waals surface area contributed by atoms with Crippen LogP contribution in [0.3, 0.4) is 0 Å². The average molecular weight is 796 g/mol. The quantitative estimate of drug-likeness (QED) is 0.0444. The third kappa shape index (κ3) is 7.16. The number of fused-ring (bicyclic) bond motifs is 5. The highest BCUT2D eigenvalue weighted by Gasteiger charge is 2.61. The molecule has 0 aliphatic carbocycles. The third-order valence-corrected chi connectivity index (χ3v) is 20.2. The number of amides is 1. The first-order valence-electron chi connectivity index (χ1n) is 19.4. The Morgan fingerprint density at radius 1 is 1.06 bits per heavy atom. The van der Waals surface area contributed by atoms with Crippen molar-refractivity contribution in [2.45, 2.75) is 82.4 Å². The number of benzene rings is 2. The number of quaternary nitrogens is 2. The van der Waals surface area contributed by atoms with Crippen molar-refractivity contribution in [1.29, 1.82) is 0 Å². The van der Waals surface area contributed by atoms with Gasteiger partial charge in [-0.15, -0.1) is 11.3 Å². The number of esters is 1. The lowest BCUT2D eigenvalue weighted by Crippen LogP contribution is -2.74. The van der Waals surface area contributed by atoms with Crippen molar-refractivity contribution in [3.8, 4) is 0 Å². The van der Waals surface area contributed by atoms with Crippen LogP contribution < -0.4 is 0 Å². The molecule has 5 aliphatic heterocycles. The summed E-state index contributed by atoms with van der Waals surface area (Å²) < 4.78 is 16.7. The molecular formula is C39H53N5O7S2Si+2. The van der Waals surface area contributed by atoms with Gasteiger partial charge in [0.2, 0.25) is 5.91 Å². The molecule has 1 aromatic heterocycles. The Morgan fingerprint density at radius 2 is 1.69 bits per heavy atom. The summed E-state index contributed by atoms with van der Waals surface area (Å²) in [6, 6.07) is 15.2. The molecule has 4 atom stereocenters. The Morgan fingerprint density at radius 3 is 2.30 bits per heavy atom. The molecular weight excluding hydrogens is 743 g/mol. The zero-order valence-electron chi connectivity index (χ0n) is 32.0. The lowest BCUT2D eigenvalue weighted by Gasteiger charge is -2.55. The van der Waals surface area contributed by atoms with Crippen LogP contribution in [0.4, 0.5) is 5.69 Å². The minimum absolute atomic E-state index is 0.0388. The lowest BCUT2D eigenvalue weighted by atomic mass is 9.79. The van der Waals surface area contributed by atoms with Crippen molar-refractivity contribution >= 4 is 59.2 Å². The van der Waals surface area contributed by atoms with Crippen molar-refractivity contribution in [3.63, 3.8) is 0 Å². The summed E-state index contributed by atoms with van der Waals surface area (Å²) in [5.74, 6) is -1.21. The highest BCUT2D eigenvalue weighted by atomic mass is 32.2. The topological polar surface area (TPSA) is 132 Å². The first kappa shape index (κ1) is 39.1. The van der Waals surface area contributed by atoms with E-state index in [9.17, 15) is 24.8 Å². The predicted molar refractivity (Wildman–Crippen MR) is 212 cm³/mol. The highest BCUT2D eigenvalue weighted by molar-refractivity contribution is 8.04. The normalized spacial score (nSPS) is 27.0. The van der Waals surface area contributed by atoms with Crippen molar-refractivity contribution in [1.82, 2.24) is 9.88 Å². The fourth-order valence-corrected chi connectivity index (χ4v) is 14.6. The van der Waals surface area contributed by atoms with Crippen LogP contribution >= 0.6 is 23.1 Å². The largest absolute Gasteiger partial charge is 0.456 e. The fraction of sp³-hybridized carbons (Fsp3) is 0.564. The van der Waals surface area contributed by atoms with Crippen LogP contribution in [0.2, 0.25) is 18.1 Å². The third-order valence-electron chi connectivity index (χ3n) is 13.0. The van der Waals surface area contributed by atoms with Gasteiger partial charge in [0, 0.05) is 28.5 Å². The summed E-state index contributed by atoms with van der Waals surface area (Å²) in [5, 5.41) is 20.8. The number of carbonyl (C=O) groups is 2. The summed E-state index contributed by atoms with van der Waals surface area (Å²) >= 11 is 3.04. The Labute approximate surface area is 326 Å². The average Bonchev–Trinajstić information content (AvgIpc) is 3.69. The molecule has 0 radical (unpaired) electrons. The van der Waals surface area contributed by atoms with Gasteiger partial charge in [0.25, 0.3) is 5.69 Å². The molecule has 5 aliphatic rings. The van der Waals surface area contributed by atoms with Gasteiger partial charge in [0.15, 0.2) is 12.7 Å². The van der Waals surface area contributed by atoms with Crippen molar-refractivity contribution in [3.05, 3.63) is 74.3 Å². The summed E-state index contributed by atoms with van der Waals surface area (Å²) in [4.78, 5) is 46.2. The molecule has 54 heavy (non-hydrogen) atoms. The molecule has 290 valence electrons. The standard InChI is InChI=1S/C39H53N5O7S2Si/c1-6-54(7-2,8-3)51-27(5)33-34-26(4)36(35(41(34)37(33)46)38(47)50-25-28-9-12-30(13-10-28)42(48)49)53-39-40-31-23-29(11-14-32(31)52-39)24-44-18-15-43(16-19-44,17-20-44)21-22-45/h9-14,23,26-27,33-34,45H,6-8,15-22,24-25H2,1-5H3/q+2/t26-,27-,33-,34-,43?,44?/m1/s1. The molecule has 1 N–H and O–H groups in total. The zero-order chi connectivity index (χ0) is 38.4. The number of β-lactam (4-membered cyclic amide) rings is 1. The number of non-ortho nitro benzene ring substituents is 1. The maximum absolute atomic E-state index is 14.0. The first-order valence-corrected chi connectivity index (χ1v) is 23.6. The maximum atomic E-state index is 14.0. The molecule has 6 heterocycles. The van der Waals surface area contributed by atoms with Gasteiger partial charge >= 0.3 is 5.97 Å². The van der Waals surface area contributed by atoms with Crippen LogP contribution in [0.1, 0.15) is 45.7 Å². The van der Waals surface area contributed by atoms with Crippen LogP contribution in [0.25, 0.3) is 10.2 Å². The Hall–Kier alpha value is -3.18. The van der Waals surface area contributed by atoms with Gasteiger partial charge in [-0.3, -0.25) is 14.9 Å². The minimum atomic E-state index is -1.99. The molecule has 12 nitrogen and oxygen atoms in total. The summed E-state index contributed by atoms with van der Waals surface area (Å²) in [7, 11) is -1.99. The van der Waals surface area contributed by atoms with E-state index in [0.717, 1.165) is 98.9 Å². The van der Waals surface area contributed by atoms with Crippen LogP contribution in [-0.2, 0) is 31.9 Å². The van der Waals surface area contributed by atoms with E-state index in [1.807, 2.05) is 6.92 Å². The van der Waals surface area contributed by atoms with Crippen LogP contribution in [0, 0.1) is 22.0 Å². The molecule has 0 spiro atoms. The van der Waals surface area contributed by atoms with Gasteiger partial charge in [-0.1, -0.05) is 45.5 Å². The number of hydrogen-bond donors (Lipinski definition) is 1. The molecule has 2 bridgehead atoms. The molecule has 4 fully saturated rings. The van der Waals surface area contributed by atoms with Crippen molar-refractivity contribution in [2.75, 3.05) is 52.4 Å². The van der Waals surface area contributed by atoms with Gasteiger partial charge in [-0.05, 0) is 54.9 Å². The number of nitrogens with zero attached hydrogens (tertiary/aromatic N) is 5. The van der Waals surface area contributed by atoms with Gasteiger partial charge in [0.1, 0.15) is 64.7 Å². The number of thiazole rings is 1. The molecule has 1 amide bonds. The number of thioether (sulfide) groups is 1. The number of hydrogen-bond acceptors (Lipinski definition) is 10. The van der Waals surface area contributed by atoms with E-state index in [-0.39, 0.29) is 54.5 Å². The number of piperazine rings is 3. The van der Waals surface area contributed by atoms with Crippen molar-refractivity contribution < 1.29 is 37.7 Å². The number of aliphatic hydroxyl groups is 1. The predicted octanol–water partition coefficient (Wildman–Crippen LogP) is 6.29. The first-order chi connectivity index (χ1) is 25.9. The smallest absolute Gasteiger partial charge is 0.356 e. The number of ether oxygens (including phenoxy) is 1. The second-order valence-corrected chi connectivity index (χ2v) is 22.8. The highest BCUT2D eigenvalue weighted by Crippen LogP contribution is 2.53. The summed E-state index contributed by atoms with van der Waals surface area (Å²) in [6.45, 7) is 19.4. The number of rotatable bonds is 16. The molecule has 2 aromatic carbocycles. The van der Waals surface area contributed by atoms with E-state index < -0.39 is 19.2 Å². The summed E-state index contributed by atoms with van der Waals surface area (Å²) in [5.41, 5.74) is 3.05. The lowest BCUT2D eigenvalue weighted by molar-refractivity contribution is -1.09. The number of nitro groups is 1. The zero-order valence-corrected chi connectivity index (χ0v) is 34.6. The molecule has 4 saturated heterocycles. The molecule has 15 heteroatoms. The van der Waals surface area contributed by atoms with Crippen LogP contribution in [0.15, 0.2) is 57.4 Å². The van der Waals surface area contributed by atoms with Crippen molar-refractivity contribution in [2.24, 2.45) is 11.8 Å². The van der Waals surface area contributed by atoms with E-state index in [1.165, 1.54) is 29.5 Å². The second kappa shape index (κ2) is 15.4. The van der Waals surface area contributed by atoms with E-state index in [0.29, 0.717) is 5.56 Å². The van der Waals surface area contributed by atoms with E-state index in [1.54, 1.807) is 28.4 Å². The summed E-state index contributed by atoms with van der Waals surface area (Å²) in [6.07, 6.45) is -0.272. The Kier molecular flexibility index (Phi) is 11.1. The maximum Gasteiger partial charge on any atom is 0.356 e.